The second-order valence-electron chi connectivity index (χ2n) is 6.10. The molecule has 126 valence electrons. The molecule has 0 saturated carbocycles. The molecule has 6 heteroatoms. The number of amides is 2. The summed E-state index contributed by atoms with van der Waals surface area (Å²) in [5.74, 6) is 0.950. The van der Waals surface area contributed by atoms with E-state index >= 15 is 0 Å². The van der Waals surface area contributed by atoms with Crippen LogP contribution in [0.2, 0.25) is 0 Å². The first-order chi connectivity index (χ1) is 12.3. The second kappa shape index (κ2) is 6.76. The van der Waals surface area contributed by atoms with Gasteiger partial charge in [0.1, 0.15) is 5.82 Å². The van der Waals surface area contributed by atoms with E-state index in [2.05, 4.69) is 25.5 Å². The summed E-state index contributed by atoms with van der Waals surface area (Å²) >= 11 is 0. The lowest BCUT2D eigenvalue weighted by molar-refractivity contribution is 0.249. The molecule has 2 aromatic heterocycles. The van der Waals surface area contributed by atoms with E-state index in [0.29, 0.717) is 0 Å². The smallest absolute Gasteiger partial charge is 0.319 e. The third-order valence-corrected chi connectivity index (χ3v) is 4.38. The zero-order chi connectivity index (χ0) is 17.1. The molecule has 1 fully saturated rings. The first-order valence-corrected chi connectivity index (χ1v) is 8.37. The molecular weight excluding hydrogens is 314 g/mol. The average molecular weight is 333 g/mol. The summed E-state index contributed by atoms with van der Waals surface area (Å²) in [6, 6.07) is 15.4. The van der Waals surface area contributed by atoms with E-state index < -0.39 is 0 Å². The van der Waals surface area contributed by atoms with E-state index in [1.54, 1.807) is 12.4 Å². The van der Waals surface area contributed by atoms with Gasteiger partial charge in [0.05, 0.1) is 11.2 Å². The maximum absolute atomic E-state index is 12.4. The quantitative estimate of drug-likeness (QED) is 0.773. The van der Waals surface area contributed by atoms with Crippen LogP contribution >= 0.6 is 0 Å². The van der Waals surface area contributed by atoms with Crippen LogP contribution in [0.5, 0.6) is 0 Å². The molecule has 3 aromatic rings. The largest absolute Gasteiger partial charge is 0.354 e. The van der Waals surface area contributed by atoms with Crippen LogP contribution in [0.4, 0.5) is 16.3 Å². The zero-order valence-electron chi connectivity index (χ0n) is 13.7. The molecule has 1 aliphatic rings. The lowest BCUT2D eigenvalue weighted by atomic mass is 10.2. The van der Waals surface area contributed by atoms with Crippen LogP contribution in [0.25, 0.3) is 10.9 Å². The Balaban J connectivity index is 1.39. The van der Waals surface area contributed by atoms with Crippen molar-refractivity contribution in [2.75, 3.05) is 23.3 Å². The molecule has 0 radical (unpaired) electrons. The van der Waals surface area contributed by atoms with Crippen molar-refractivity contribution in [3.05, 3.63) is 60.9 Å². The van der Waals surface area contributed by atoms with E-state index in [1.807, 2.05) is 48.5 Å². The first kappa shape index (κ1) is 15.4. The summed E-state index contributed by atoms with van der Waals surface area (Å²) < 4.78 is 0. The van der Waals surface area contributed by atoms with Crippen LogP contribution in [0.3, 0.4) is 0 Å². The van der Waals surface area contributed by atoms with Gasteiger partial charge in [0, 0.05) is 36.9 Å². The lowest BCUT2D eigenvalue weighted by Gasteiger charge is -2.18. The number of carbonyl (C=O) groups is 1. The highest BCUT2D eigenvalue weighted by molar-refractivity contribution is 5.99. The Hall–Kier alpha value is -3.15. The molecule has 25 heavy (non-hydrogen) atoms. The standard InChI is InChI=1S/C19H19N5O/c25-19(23-16-7-3-5-14-6-4-11-21-18(14)16)22-15-9-12-24(13-15)17-8-1-2-10-20-17/h1-8,10-11,15H,9,12-13H2,(H2,22,23,25)/t15-/m0/s1. The van der Waals surface area contributed by atoms with Gasteiger partial charge < -0.3 is 15.5 Å². The van der Waals surface area contributed by atoms with Gasteiger partial charge in [0.15, 0.2) is 0 Å². The van der Waals surface area contributed by atoms with E-state index in [4.69, 9.17) is 0 Å². The number of para-hydroxylation sites is 1. The van der Waals surface area contributed by atoms with Crippen LogP contribution in [0.15, 0.2) is 60.9 Å². The summed E-state index contributed by atoms with van der Waals surface area (Å²) in [7, 11) is 0. The molecule has 0 spiro atoms. The predicted molar refractivity (Wildman–Crippen MR) is 98.8 cm³/mol. The molecular formula is C19H19N5O. The van der Waals surface area contributed by atoms with Gasteiger partial charge in [-0.25, -0.2) is 9.78 Å². The number of nitrogens with one attached hydrogen (secondary N) is 2. The lowest BCUT2D eigenvalue weighted by Crippen LogP contribution is -2.39. The highest BCUT2D eigenvalue weighted by Crippen LogP contribution is 2.21. The Labute approximate surface area is 145 Å². The minimum absolute atomic E-state index is 0.102. The van der Waals surface area contributed by atoms with Crippen molar-refractivity contribution in [1.29, 1.82) is 0 Å². The van der Waals surface area contributed by atoms with Crippen LogP contribution in [0.1, 0.15) is 6.42 Å². The van der Waals surface area contributed by atoms with Crippen LogP contribution in [-0.4, -0.2) is 35.1 Å². The average Bonchev–Trinajstić information content (AvgIpc) is 3.11. The molecule has 0 aliphatic carbocycles. The number of nitrogens with zero attached hydrogens (tertiary/aromatic N) is 3. The monoisotopic (exact) mass is 333 g/mol. The van der Waals surface area contributed by atoms with Gasteiger partial charge in [-0.15, -0.1) is 0 Å². The number of anilines is 2. The van der Waals surface area contributed by atoms with Gasteiger partial charge >= 0.3 is 6.03 Å². The third kappa shape index (κ3) is 3.38. The summed E-state index contributed by atoms with van der Waals surface area (Å²) in [5.41, 5.74) is 1.51. The van der Waals surface area contributed by atoms with Gasteiger partial charge in [0.2, 0.25) is 0 Å². The van der Waals surface area contributed by atoms with Crippen molar-refractivity contribution in [3.8, 4) is 0 Å². The summed E-state index contributed by atoms with van der Waals surface area (Å²) in [6.07, 6.45) is 4.42. The van der Waals surface area contributed by atoms with E-state index in [1.165, 1.54) is 0 Å². The van der Waals surface area contributed by atoms with Gasteiger partial charge in [-0.2, -0.15) is 0 Å². The maximum atomic E-state index is 12.4. The third-order valence-electron chi connectivity index (χ3n) is 4.38. The number of urea groups is 1. The van der Waals surface area contributed by atoms with Gasteiger partial charge in [-0.3, -0.25) is 4.98 Å². The molecule has 6 nitrogen and oxygen atoms in total. The van der Waals surface area contributed by atoms with Gasteiger partial charge in [-0.05, 0) is 30.7 Å². The number of aromatic nitrogens is 2. The zero-order valence-corrected chi connectivity index (χ0v) is 13.7. The van der Waals surface area contributed by atoms with Crippen LogP contribution in [0, 0.1) is 0 Å². The summed E-state index contributed by atoms with van der Waals surface area (Å²) in [6.45, 7) is 1.65. The molecule has 1 atom stereocenters. The first-order valence-electron chi connectivity index (χ1n) is 8.37. The van der Waals surface area contributed by atoms with Crippen LogP contribution in [-0.2, 0) is 0 Å². The minimum Gasteiger partial charge on any atom is -0.354 e. The van der Waals surface area contributed by atoms with Crippen molar-refractivity contribution in [1.82, 2.24) is 15.3 Å². The van der Waals surface area contributed by atoms with Crippen molar-refractivity contribution >= 4 is 28.4 Å². The SMILES string of the molecule is O=C(Nc1cccc2cccnc12)N[C@H]1CCN(c2ccccn2)C1. The number of pyridine rings is 2. The number of rotatable bonds is 3. The molecule has 1 aromatic carbocycles. The van der Waals surface area contributed by atoms with E-state index in [-0.39, 0.29) is 12.1 Å². The minimum atomic E-state index is -0.203. The summed E-state index contributed by atoms with van der Waals surface area (Å²) in [5, 5.41) is 6.97. The number of hydrogen-bond acceptors (Lipinski definition) is 4. The number of hydrogen-bond donors (Lipinski definition) is 2. The molecule has 3 heterocycles. The Morgan fingerprint density at radius 3 is 2.80 bits per heavy atom. The Bertz CT molecular complexity index is 878. The Morgan fingerprint density at radius 2 is 1.92 bits per heavy atom. The van der Waals surface area contributed by atoms with Crippen molar-refractivity contribution in [2.24, 2.45) is 0 Å². The summed E-state index contributed by atoms with van der Waals surface area (Å²) in [4.78, 5) is 23.3. The topological polar surface area (TPSA) is 70.2 Å². The fourth-order valence-corrected chi connectivity index (χ4v) is 3.18. The molecule has 2 N–H and O–H groups in total. The number of benzene rings is 1. The Kier molecular flexibility index (Phi) is 4.16. The van der Waals surface area contributed by atoms with Crippen molar-refractivity contribution in [3.63, 3.8) is 0 Å². The van der Waals surface area contributed by atoms with E-state index in [0.717, 1.165) is 41.9 Å². The molecule has 1 saturated heterocycles. The number of fused-ring (bicyclic) bond motifs is 1. The highest BCUT2D eigenvalue weighted by atomic mass is 16.2. The van der Waals surface area contributed by atoms with Crippen molar-refractivity contribution < 1.29 is 4.79 Å². The fourth-order valence-electron chi connectivity index (χ4n) is 3.18. The van der Waals surface area contributed by atoms with Crippen LogP contribution < -0.4 is 15.5 Å². The van der Waals surface area contributed by atoms with Crippen molar-refractivity contribution in [2.45, 2.75) is 12.5 Å². The molecule has 4 rings (SSSR count). The van der Waals surface area contributed by atoms with Gasteiger partial charge in [-0.1, -0.05) is 24.3 Å². The molecule has 1 aliphatic heterocycles. The highest BCUT2D eigenvalue weighted by Gasteiger charge is 2.24. The Morgan fingerprint density at radius 1 is 1.04 bits per heavy atom. The molecule has 0 bridgehead atoms. The molecule has 0 unspecified atom stereocenters. The van der Waals surface area contributed by atoms with E-state index in [9.17, 15) is 4.79 Å². The number of carbonyl (C=O) groups excluding carboxylic acids is 1. The normalized spacial score (nSPS) is 16.8. The predicted octanol–water partition coefficient (Wildman–Crippen LogP) is 3.03. The molecule has 2 amide bonds. The fraction of sp³-hybridized carbons (Fsp3) is 0.211. The maximum Gasteiger partial charge on any atom is 0.319 e. The second-order valence-corrected chi connectivity index (χ2v) is 6.10. The van der Waals surface area contributed by atoms with Gasteiger partial charge in [0.25, 0.3) is 0 Å².